The minimum atomic E-state index is -0.372. The second kappa shape index (κ2) is 4.97. The van der Waals surface area contributed by atoms with Crippen molar-refractivity contribution in [3.8, 4) is 0 Å². The van der Waals surface area contributed by atoms with E-state index in [1.807, 2.05) is 0 Å². The van der Waals surface area contributed by atoms with Crippen LogP contribution in [0.5, 0.6) is 0 Å². The highest BCUT2D eigenvalue weighted by molar-refractivity contribution is 5.72. The average Bonchev–Trinajstić information content (AvgIpc) is 2.42. The van der Waals surface area contributed by atoms with E-state index >= 15 is 0 Å². The molecule has 0 aromatic carbocycles. The maximum absolute atomic E-state index is 11.2. The summed E-state index contributed by atoms with van der Waals surface area (Å²) < 4.78 is 9.87. The van der Waals surface area contributed by atoms with Crippen LogP contribution in [0, 0.1) is 0 Å². The number of carbonyl (C=O) groups is 2. The first-order chi connectivity index (χ1) is 6.99. The van der Waals surface area contributed by atoms with Gasteiger partial charge in [-0.25, -0.2) is 4.79 Å². The van der Waals surface area contributed by atoms with Crippen molar-refractivity contribution < 1.29 is 19.1 Å². The molecule has 1 aliphatic rings. The lowest BCUT2D eigenvalue weighted by molar-refractivity contribution is -0.146. The van der Waals surface area contributed by atoms with Gasteiger partial charge < -0.3 is 14.4 Å². The predicted octanol–water partition coefficient (Wildman–Crippen LogP) is -0.458. The fraction of sp³-hybridized carbons (Fsp3) is 0.778. The third-order valence-electron chi connectivity index (χ3n) is 1.93. The number of likely N-dealkylation sites (N-methyl/N-ethyl adjacent to an activating group) is 2. The van der Waals surface area contributed by atoms with Gasteiger partial charge in [0, 0.05) is 7.05 Å². The summed E-state index contributed by atoms with van der Waals surface area (Å²) in [5.74, 6) is -0.314. The van der Waals surface area contributed by atoms with E-state index in [1.54, 1.807) is 26.0 Å². The Balaban J connectivity index is 2.21. The lowest BCUT2D eigenvalue weighted by Crippen LogP contribution is -2.28. The summed E-state index contributed by atoms with van der Waals surface area (Å²) in [6.07, 6.45) is -0.711. The summed E-state index contributed by atoms with van der Waals surface area (Å²) in [6.45, 7) is 0.827. The molecular formula is C9H16N2O4. The molecule has 1 atom stereocenters. The number of rotatable bonds is 4. The van der Waals surface area contributed by atoms with Crippen LogP contribution in [-0.2, 0) is 14.3 Å². The summed E-state index contributed by atoms with van der Waals surface area (Å²) in [7, 11) is 5.21. The van der Waals surface area contributed by atoms with Gasteiger partial charge in [-0.15, -0.1) is 0 Å². The lowest BCUT2D eigenvalue weighted by atomic mass is 10.4. The highest BCUT2D eigenvalue weighted by Gasteiger charge is 2.29. The van der Waals surface area contributed by atoms with E-state index in [4.69, 9.17) is 9.47 Å². The molecule has 0 aromatic heterocycles. The van der Waals surface area contributed by atoms with Crippen LogP contribution in [0.15, 0.2) is 0 Å². The van der Waals surface area contributed by atoms with Gasteiger partial charge in [-0.05, 0) is 14.1 Å². The number of cyclic esters (lactones) is 1. The van der Waals surface area contributed by atoms with Crippen molar-refractivity contribution in [3.05, 3.63) is 0 Å². The molecule has 6 nitrogen and oxygen atoms in total. The molecule has 86 valence electrons. The normalized spacial score (nSPS) is 20.7. The van der Waals surface area contributed by atoms with Gasteiger partial charge in [-0.3, -0.25) is 9.69 Å². The van der Waals surface area contributed by atoms with Crippen molar-refractivity contribution in [2.75, 3.05) is 40.8 Å². The molecule has 1 amide bonds. The molecule has 6 heteroatoms. The molecule has 0 spiro atoms. The van der Waals surface area contributed by atoms with E-state index in [-0.39, 0.29) is 31.3 Å². The average molecular weight is 216 g/mol. The van der Waals surface area contributed by atoms with Gasteiger partial charge >= 0.3 is 12.1 Å². The van der Waals surface area contributed by atoms with Gasteiger partial charge in [0.25, 0.3) is 0 Å². The molecule has 15 heavy (non-hydrogen) atoms. The fourth-order valence-corrected chi connectivity index (χ4v) is 1.23. The zero-order valence-electron chi connectivity index (χ0n) is 9.23. The first kappa shape index (κ1) is 11.8. The molecule has 0 saturated carbocycles. The van der Waals surface area contributed by atoms with Crippen LogP contribution >= 0.6 is 0 Å². The third kappa shape index (κ3) is 3.75. The van der Waals surface area contributed by atoms with E-state index in [9.17, 15) is 9.59 Å². The molecule has 0 bridgehead atoms. The second-order valence-corrected chi connectivity index (χ2v) is 3.81. The van der Waals surface area contributed by atoms with Gasteiger partial charge in [0.05, 0.1) is 13.1 Å². The minimum absolute atomic E-state index is 0.128. The molecule has 1 heterocycles. The maximum Gasteiger partial charge on any atom is 0.410 e. The Bertz CT molecular complexity index is 254. The highest BCUT2D eigenvalue weighted by Crippen LogP contribution is 2.08. The van der Waals surface area contributed by atoms with Crippen LogP contribution in [0.1, 0.15) is 0 Å². The van der Waals surface area contributed by atoms with Crippen LogP contribution < -0.4 is 0 Å². The van der Waals surface area contributed by atoms with Crippen molar-refractivity contribution in [2.45, 2.75) is 6.10 Å². The molecule has 1 fully saturated rings. The van der Waals surface area contributed by atoms with Crippen LogP contribution in [0.4, 0.5) is 4.79 Å². The molecule has 0 N–H and O–H groups in total. The minimum Gasteiger partial charge on any atom is -0.461 e. The van der Waals surface area contributed by atoms with Gasteiger partial charge in [-0.2, -0.15) is 0 Å². The van der Waals surface area contributed by atoms with Crippen LogP contribution in [0.3, 0.4) is 0 Å². The van der Waals surface area contributed by atoms with E-state index in [2.05, 4.69) is 0 Å². The monoisotopic (exact) mass is 216 g/mol. The molecule has 1 aliphatic heterocycles. The summed E-state index contributed by atoms with van der Waals surface area (Å²) in [4.78, 5) is 25.3. The Morgan fingerprint density at radius 2 is 2.33 bits per heavy atom. The van der Waals surface area contributed by atoms with Crippen LogP contribution in [0.25, 0.3) is 0 Å². The van der Waals surface area contributed by atoms with Crippen molar-refractivity contribution in [1.82, 2.24) is 9.80 Å². The van der Waals surface area contributed by atoms with Crippen molar-refractivity contribution in [3.63, 3.8) is 0 Å². The molecule has 0 aromatic rings. The fourth-order valence-electron chi connectivity index (χ4n) is 1.23. The Labute approximate surface area is 88.7 Å². The number of esters is 1. The number of amides is 1. The summed E-state index contributed by atoms with van der Waals surface area (Å²) in [5, 5.41) is 0. The Morgan fingerprint density at radius 1 is 1.67 bits per heavy atom. The van der Waals surface area contributed by atoms with Crippen LogP contribution in [0.2, 0.25) is 0 Å². The molecule has 0 aliphatic carbocycles. The smallest absolute Gasteiger partial charge is 0.410 e. The predicted molar refractivity (Wildman–Crippen MR) is 52.4 cm³/mol. The molecular weight excluding hydrogens is 200 g/mol. The highest BCUT2D eigenvalue weighted by atomic mass is 16.6. The number of hydrogen-bond acceptors (Lipinski definition) is 5. The number of nitrogens with zero attached hydrogens (tertiary/aromatic N) is 2. The second-order valence-electron chi connectivity index (χ2n) is 3.81. The number of carbonyl (C=O) groups excluding carboxylic acids is 2. The topological polar surface area (TPSA) is 59.1 Å². The molecule has 0 radical (unpaired) electrons. The first-order valence-electron chi connectivity index (χ1n) is 4.71. The summed E-state index contributed by atoms with van der Waals surface area (Å²) in [6, 6.07) is 0. The van der Waals surface area contributed by atoms with E-state index in [1.165, 1.54) is 4.90 Å². The summed E-state index contributed by atoms with van der Waals surface area (Å²) in [5.41, 5.74) is 0. The molecule has 1 rings (SSSR count). The van der Waals surface area contributed by atoms with Gasteiger partial charge in [0.1, 0.15) is 6.61 Å². The largest absolute Gasteiger partial charge is 0.461 e. The third-order valence-corrected chi connectivity index (χ3v) is 1.93. The van der Waals surface area contributed by atoms with E-state index in [0.717, 1.165) is 0 Å². The molecule has 0 unspecified atom stereocenters. The van der Waals surface area contributed by atoms with E-state index < -0.39 is 0 Å². The SMILES string of the molecule is CN(C)CC(=O)OC[C@@H]1CN(C)C(=O)O1. The number of ether oxygens (including phenoxy) is 2. The standard InChI is InChI=1S/C9H16N2O4/c1-10(2)5-8(12)14-6-7-4-11(3)9(13)15-7/h7H,4-6H2,1-3H3/t7-/m0/s1. The van der Waals surface area contributed by atoms with Crippen molar-refractivity contribution in [2.24, 2.45) is 0 Å². The lowest BCUT2D eigenvalue weighted by Gasteiger charge is -2.11. The van der Waals surface area contributed by atoms with Crippen molar-refractivity contribution >= 4 is 12.1 Å². The van der Waals surface area contributed by atoms with E-state index in [0.29, 0.717) is 6.54 Å². The maximum atomic E-state index is 11.2. The zero-order valence-corrected chi connectivity index (χ0v) is 9.23. The number of hydrogen-bond donors (Lipinski definition) is 0. The zero-order chi connectivity index (χ0) is 11.4. The quantitative estimate of drug-likeness (QED) is 0.595. The van der Waals surface area contributed by atoms with Gasteiger partial charge in [0.2, 0.25) is 0 Å². The Morgan fingerprint density at radius 3 is 2.80 bits per heavy atom. The Kier molecular flexibility index (Phi) is 3.90. The summed E-state index contributed by atoms with van der Waals surface area (Å²) >= 11 is 0. The van der Waals surface area contributed by atoms with Gasteiger partial charge in [0.15, 0.2) is 6.10 Å². The van der Waals surface area contributed by atoms with Crippen LogP contribution in [-0.4, -0.2) is 68.8 Å². The van der Waals surface area contributed by atoms with Gasteiger partial charge in [-0.1, -0.05) is 0 Å². The molecule has 1 saturated heterocycles. The Hall–Kier alpha value is -1.30. The first-order valence-corrected chi connectivity index (χ1v) is 4.71. The van der Waals surface area contributed by atoms with Crippen molar-refractivity contribution in [1.29, 1.82) is 0 Å².